The van der Waals surface area contributed by atoms with Crippen LogP contribution in [0.1, 0.15) is 88.0 Å². The third kappa shape index (κ3) is 12.3. The first-order valence-corrected chi connectivity index (χ1v) is 25.7. The van der Waals surface area contributed by atoms with E-state index in [1.165, 1.54) is 33.9 Å². The van der Waals surface area contributed by atoms with Crippen LogP contribution >= 0.6 is 11.3 Å². The molecule has 5 aromatic carbocycles. The maximum Gasteiger partial charge on any atom is 0.337 e. The molecule has 3 aromatic heterocycles. The zero-order chi connectivity index (χ0) is 54.9. The van der Waals surface area contributed by atoms with Crippen LogP contribution in [0.3, 0.4) is 0 Å². The van der Waals surface area contributed by atoms with Crippen molar-refractivity contribution in [3.05, 3.63) is 172 Å². The fraction of sp³-hybridized carbons (Fsp3) is 0.214. The molecule has 394 valence electrons. The second kappa shape index (κ2) is 23.9. The van der Waals surface area contributed by atoms with E-state index in [9.17, 15) is 44.2 Å². The minimum absolute atomic E-state index is 0.00566. The van der Waals surface area contributed by atoms with Gasteiger partial charge >= 0.3 is 5.97 Å². The molecule has 9 rings (SSSR count). The summed E-state index contributed by atoms with van der Waals surface area (Å²) in [6.07, 6.45) is 2.23. The van der Waals surface area contributed by atoms with Gasteiger partial charge in [0.15, 0.2) is 0 Å². The number of thiazole rings is 1. The molecule has 1 fully saturated rings. The molecule has 21 nitrogen and oxygen atoms in total. The van der Waals surface area contributed by atoms with Gasteiger partial charge in [-0.05, 0) is 117 Å². The number of para-hydroxylation sites is 2. The number of carboxylic acid groups (broad SMARTS) is 1. The third-order valence-electron chi connectivity index (χ3n) is 13.0. The van der Waals surface area contributed by atoms with Gasteiger partial charge in [-0.25, -0.2) is 19.1 Å². The number of nitriles is 1. The highest BCUT2D eigenvalue weighted by atomic mass is 32.1. The Hall–Kier alpha value is -9.72. The van der Waals surface area contributed by atoms with Gasteiger partial charge in [-0.2, -0.15) is 5.26 Å². The molecule has 0 unspecified atom stereocenters. The molecule has 8 aromatic rings. The van der Waals surface area contributed by atoms with E-state index in [0.29, 0.717) is 58.5 Å². The molecule has 0 bridgehead atoms. The number of carboxylic acids is 1. The Morgan fingerprint density at radius 2 is 1.64 bits per heavy atom. The van der Waals surface area contributed by atoms with E-state index in [1.54, 1.807) is 107 Å². The topological polar surface area (TPSA) is 292 Å². The Morgan fingerprint density at radius 3 is 2.40 bits per heavy atom. The number of unbranched alkanes of at least 4 members (excludes halogenated alkanes) is 1. The third-order valence-corrected chi connectivity index (χ3v) is 14.0. The monoisotopic (exact) mass is 1070 g/mol. The van der Waals surface area contributed by atoms with Crippen LogP contribution in [0.15, 0.2) is 139 Å². The van der Waals surface area contributed by atoms with Gasteiger partial charge < -0.3 is 36.4 Å². The van der Waals surface area contributed by atoms with Crippen molar-refractivity contribution in [2.45, 2.75) is 70.3 Å². The second-order valence-corrected chi connectivity index (χ2v) is 19.3. The molecule has 0 spiro atoms. The average molecular weight is 1070 g/mol. The minimum atomic E-state index is -1.37. The second-order valence-electron chi connectivity index (χ2n) is 18.5. The highest BCUT2D eigenvalue weighted by molar-refractivity contribution is 7.13. The largest absolute Gasteiger partial charge is 0.478 e. The van der Waals surface area contributed by atoms with Crippen molar-refractivity contribution in [1.82, 2.24) is 50.5 Å². The van der Waals surface area contributed by atoms with Crippen molar-refractivity contribution in [1.29, 1.82) is 5.26 Å². The molecule has 1 aliphatic rings. The highest BCUT2D eigenvalue weighted by Gasteiger charge is 2.43. The van der Waals surface area contributed by atoms with Crippen molar-refractivity contribution in [3.8, 4) is 22.2 Å². The summed E-state index contributed by atoms with van der Waals surface area (Å²) in [5, 5.41) is 58.1. The molecule has 22 heteroatoms. The van der Waals surface area contributed by atoms with Crippen LogP contribution in [0.4, 0.5) is 11.4 Å². The first kappa shape index (κ1) is 53.1. The summed E-state index contributed by atoms with van der Waals surface area (Å²) >= 11 is 1.55. The molecule has 1 saturated heterocycles. The summed E-state index contributed by atoms with van der Waals surface area (Å²) in [6, 6.07) is 34.2. The van der Waals surface area contributed by atoms with Crippen LogP contribution < -0.4 is 21.3 Å². The van der Waals surface area contributed by atoms with Crippen LogP contribution in [0, 0.1) is 18.3 Å². The Labute approximate surface area is 450 Å². The standard InChI is InChI=1S/C56H51N13O8S/c1-33(36-18-20-37(21-19-36)50-34(2)58-32-78-50)59-54(74)48-28-43(70)31-67(48)55(75)51(69-47-16-7-6-15-46(47)64-66-69)62-49(71)17-8-3-11-41-30-68(65-63-41)42-24-22-38(23-25-42)52(72)60-40-12-9-10-35(27-40)26-39(29-57)53(73)61-45-14-5-4-13-44(45)56(76)77/h4-7,9-10,12-16,18-27,30,32-33,43,48,51,70H,3,8,11,17,28,31H2,1-2H3,(H,59,74)(H,60,72)(H,61,73)(H,62,71)(H,76,77)/b39-26+/t33-,43+,48-,51-/m0/s1. The number of aromatic carboxylic acids is 1. The Kier molecular flexibility index (Phi) is 16.3. The van der Waals surface area contributed by atoms with Crippen LogP contribution in [-0.2, 0) is 25.6 Å². The van der Waals surface area contributed by atoms with Crippen molar-refractivity contribution in [3.63, 3.8) is 0 Å². The number of fused-ring (bicyclic) bond motifs is 1. The molecular formula is C56H51N13O8S. The predicted octanol–water partition coefficient (Wildman–Crippen LogP) is 6.81. The number of aliphatic hydroxyl groups is 1. The summed E-state index contributed by atoms with van der Waals surface area (Å²) in [5.41, 5.74) is 7.68. The number of aromatic nitrogens is 7. The summed E-state index contributed by atoms with van der Waals surface area (Å²) in [4.78, 5) is 86.6. The van der Waals surface area contributed by atoms with Gasteiger partial charge in [-0.3, -0.25) is 24.0 Å². The number of nitrogens with zero attached hydrogens (tertiary/aromatic N) is 9. The number of nitrogens with one attached hydrogen (secondary N) is 4. The van der Waals surface area contributed by atoms with Crippen LogP contribution in [0.2, 0.25) is 0 Å². The Balaban J connectivity index is 0.779. The van der Waals surface area contributed by atoms with E-state index in [0.717, 1.165) is 21.7 Å². The summed E-state index contributed by atoms with van der Waals surface area (Å²) < 4.78 is 2.89. The number of benzene rings is 5. The number of rotatable bonds is 19. The van der Waals surface area contributed by atoms with E-state index < -0.39 is 59.9 Å². The Bertz CT molecular complexity index is 3620. The normalized spacial score (nSPS) is 15.0. The predicted molar refractivity (Wildman–Crippen MR) is 289 cm³/mol. The van der Waals surface area contributed by atoms with Gasteiger partial charge in [0, 0.05) is 30.6 Å². The summed E-state index contributed by atoms with van der Waals surface area (Å²) in [7, 11) is 0. The lowest BCUT2D eigenvalue weighted by Crippen LogP contribution is -2.52. The average Bonchev–Trinajstić information content (AvgIpc) is 4.29. The molecule has 5 amide bonds. The van der Waals surface area contributed by atoms with Crippen LogP contribution in [0.25, 0.3) is 33.2 Å². The number of β-amino-alcohol motifs (C(OH)–C–C–N with tert-alkyl or cyclic N) is 1. The smallest absolute Gasteiger partial charge is 0.337 e. The number of anilines is 2. The van der Waals surface area contributed by atoms with Gasteiger partial charge in [0.05, 0.1) is 62.6 Å². The number of carbonyl (C=O) groups is 6. The Morgan fingerprint density at radius 1 is 0.872 bits per heavy atom. The van der Waals surface area contributed by atoms with E-state index in [2.05, 4.69) is 46.9 Å². The SMILES string of the molecule is Cc1ncsc1-c1ccc([C@H](C)NC(=O)[C@@H]2C[C@@H](O)CN2C(=O)[C@@H](NC(=O)CCCCc2cn(-c3ccc(C(=O)Nc4cccc(/C=C(\C#N)C(=O)Nc5ccccc5C(=O)O)c4)cc3)nn2)n2nnc3ccccc32)cc1. The number of aliphatic hydroxyl groups excluding tert-OH is 1. The van der Waals surface area contributed by atoms with Crippen LogP contribution in [-0.4, -0.2) is 104 Å². The highest BCUT2D eigenvalue weighted by Crippen LogP contribution is 2.30. The van der Waals surface area contributed by atoms with Gasteiger partial charge in [-0.15, -0.1) is 21.5 Å². The lowest BCUT2D eigenvalue weighted by Gasteiger charge is -2.29. The zero-order valence-corrected chi connectivity index (χ0v) is 42.9. The van der Waals surface area contributed by atoms with Crippen molar-refractivity contribution < 1.29 is 39.0 Å². The molecule has 0 aliphatic carbocycles. The molecule has 6 N–H and O–H groups in total. The van der Waals surface area contributed by atoms with Crippen molar-refractivity contribution in [2.24, 2.45) is 0 Å². The van der Waals surface area contributed by atoms with Gasteiger partial charge in [0.1, 0.15) is 23.2 Å². The summed E-state index contributed by atoms with van der Waals surface area (Å²) in [5.74, 6) is -3.97. The summed E-state index contributed by atoms with van der Waals surface area (Å²) in [6.45, 7) is 3.67. The fourth-order valence-electron chi connectivity index (χ4n) is 8.98. The number of likely N-dealkylation sites (tertiary alicyclic amines) is 1. The van der Waals surface area contributed by atoms with E-state index in [1.807, 2.05) is 44.2 Å². The van der Waals surface area contributed by atoms with Crippen molar-refractivity contribution >= 4 is 75.3 Å². The lowest BCUT2D eigenvalue weighted by atomic mass is 10.0. The van der Waals surface area contributed by atoms with Crippen molar-refractivity contribution in [2.75, 3.05) is 17.2 Å². The maximum absolute atomic E-state index is 14.6. The van der Waals surface area contributed by atoms with Gasteiger partial charge in [0.2, 0.25) is 18.0 Å². The number of hydrogen-bond donors (Lipinski definition) is 6. The minimum Gasteiger partial charge on any atom is -0.478 e. The number of amides is 5. The molecule has 0 saturated carbocycles. The first-order chi connectivity index (χ1) is 37.7. The molecule has 0 radical (unpaired) electrons. The molecule has 1 aliphatic heterocycles. The number of carbonyl (C=O) groups excluding carboxylic acids is 5. The van der Waals surface area contributed by atoms with Crippen LogP contribution in [0.5, 0.6) is 0 Å². The molecular weight excluding hydrogens is 1010 g/mol. The number of hydrogen-bond acceptors (Lipinski definition) is 14. The molecule has 4 atom stereocenters. The van der Waals surface area contributed by atoms with Gasteiger partial charge in [0.25, 0.3) is 17.7 Å². The number of aryl methyl sites for hydroxylation is 2. The van der Waals surface area contributed by atoms with Gasteiger partial charge in [-0.1, -0.05) is 71.1 Å². The fourth-order valence-corrected chi connectivity index (χ4v) is 9.79. The molecule has 4 heterocycles. The zero-order valence-electron chi connectivity index (χ0n) is 42.1. The van der Waals surface area contributed by atoms with E-state index >= 15 is 0 Å². The molecule has 78 heavy (non-hydrogen) atoms. The quantitative estimate of drug-likeness (QED) is 0.0276. The van der Waals surface area contributed by atoms with E-state index in [4.69, 9.17) is 0 Å². The first-order valence-electron chi connectivity index (χ1n) is 24.8. The maximum atomic E-state index is 14.6. The lowest BCUT2D eigenvalue weighted by molar-refractivity contribution is -0.144. The van der Waals surface area contributed by atoms with E-state index in [-0.39, 0.29) is 36.2 Å².